The van der Waals surface area contributed by atoms with Gasteiger partial charge in [0.05, 0.1) is 5.92 Å². The molecule has 3 N–H and O–H groups in total. The number of hydrogen-bond acceptors (Lipinski definition) is 5. The number of carbonyl (C=O) groups excluding carboxylic acids is 1. The second-order valence-electron chi connectivity index (χ2n) is 5.62. The van der Waals surface area contributed by atoms with Gasteiger partial charge in [-0.1, -0.05) is 13.3 Å². The van der Waals surface area contributed by atoms with Crippen LogP contribution >= 0.6 is 0 Å². The number of aryl methyl sites for hydroxylation is 1. The fraction of sp³-hybridized carbons (Fsp3) is 0.667. The monoisotopic (exact) mass is 291 g/mol. The maximum Gasteiger partial charge on any atom is 0.224 e. The maximum atomic E-state index is 11.8. The molecule has 6 nitrogen and oxygen atoms in total. The Hall–Kier alpha value is -1.85. The molecular weight excluding hydrogens is 266 g/mol. The fourth-order valence-electron chi connectivity index (χ4n) is 2.88. The lowest BCUT2D eigenvalue weighted by atomic mass is 10.1. The quantitative estimate of drug-likeness (QED) is 0.854. The van der Waals surface area contributed by atoms with Gasteiger partial charge in [0.2, 0.25) is 11.9 Å². The van der Waals surface area contributed by atoms with Crippen molar-refractivity contribution in [3.8, 4) is 0 Å². The molecule has 1 aliphatic rings. The molecule has 1 aliphatic heterocycles. The van der Waals surface area contributed by atoms with Crippen LogP contribution in [0.4, 0.5) is 11.8 Å². The smallest absolute Gasteiger partial charge is 0.224 e. The molecule has 0 aromatic carbocycles. The number of nitrogens with two attached hydrogens (primary N) is 1. The largest absolute Gasteiger partial charge is 0.368 e. The Balaban J connectivity index is 2.24. The number of unbranched alkanes of at least 4 members (excludes halogenated alkanes) is 1. The van der Waals surface area contributed by atoms with Crippen LogP contribution in [-0.2, 0) is 11.2 Å². The van der Waals surface area contributed by atoms with E-state index in [2.05, 4.69) is 27.1 Å². The van der Waals surface area contributed by atoms with Crippen LogP contribution in [0.15, 0.2) is 0 Å². The SMILES string of the molecule is CCCCc1c(C)nc(N)nc1N1CC[C@@H](C(=O)NC)C1. The molecule has 0 radical (unpaired) electrons. The number of amides is 1. The summed E-state index contributed by atoms with van der Waals surface area (Å²) in [4.78, 5) is 22.7. The first-order valence-electron chi connectivity index (χ1n) is 7.66. The molecule has 1 atom stereocenters. The van der Waals surface area contributed by atoms with Crippen molar-refractivity contribution in [3.05, 3.63) is 11.3 Å². The first-order chi connectivity index (χ1) is 10.1. The first kappa shape index (κ1) is 15.5. The molecule has 0 unspecified atom stereocenters. The predicted octanol–water partition coefficient (Wildman–Crippen LogP) is 1.28. The molecular formula is C15H25N5O. The number of hydrogen-bond donors (Lipinski definition) is 2. The second-order valence-corrected chi connectivity index (χ2v) is 5.62. The van der Waals surface area contributed by atoms with Crippen molar-refractivity contribution in [2.45, 2.75) is 39.5 Å². The summed E-state index contributed by atoms with van der Waals surface area (Å²) in [5.41, 5.74) is 7.94. The van der Waals surface area contributed by atoms with Crippen LogP contribution in [0.3, 0.4) is 0 Å². The number of nitrogen functional groups attached to an aromatic ring is 1. The summed E-state index contributed by atoms with van der Waals surface area (Å²) in [6.45, 7) is 5.70. The third-order valence-corrected chi connectivity index (χ3v) is 4.09. The molecule has 0 bridgehead atoms. The molecule has 1 amide bonds. The highest BCUT2D eigenvalue weighted by Crippen LogP contribution is 2.28. The van der Waals surface area contributed by atoms with Crippen LogP contribution in [0.25, 0.3) is 0 Å². The van der Waals surface area contributed by atoms with E-state index in [0.717, 1.165) is 43.7 Å². The molecule has 0 spiro atoms. The molecule has 1 aromatic rings. The highest BCUT2D eigenvalue weighted by Gasteiger charge is 2.30. The van der Waals surface area contributed by atoms with Crippen LogP contribution in [0, 0.1) is 12.8 Å². The Morgan fingerprint density at radius 2 is 2.24 bits per heavy atom. The van der Waals surface area contributed by atoms with Gasteiger partial charge in [-0.2, -0.15) is 4.98 Å². The number of rotatable bonds is 5. The maximum absolute atomic E-state index is 11.8. The molecule has 1 aromatic heterocycles. The summed E-state index contributed by atoms with van der Waals surface area (Å²) in [6.07, 6.45) is 4.05. The summed E-state index contributed by atoms with van der Waals surface area (Å²) in [6, 6.07) is 0. The minimum atomic E-state index is 0.0329. The van der Waals surface area contributed by atoms with Crippen molar-refractivity contribution < 1.29 is 4.79 Å². The van der Waals surface area contributed by atoms with E-state index in [9.17, 15) is 4.79 Å². The van der Waals surface area contributed by atoms with E-state index in [0.29, 0.717) is 12.5 Å². The summed E-state index contributed by atoms with van der Waals surface area (Å²) < 4.78 is 0. The summed E-state index contributed by atoms with van der Waals surface area (Å²) in [5, 5.41) is 2.73. The van der Waals surface area contributed by atoms with Crippen LogP contribution in [0.1, 0.15) is 37.4 Å². The number of nitrogens with zero attached hydrogens (tertiary/aromatic N) is 3. The van der Waals surface area contributed by atoms with Crippen LogP contribution < -0.4 is 16.0 Å². The lowest BCUT2D eigenvalue weighted by molar-refractivity contribution is -0.123. The minimum absolute atomic E-state index is 0.0329. The molecule has 1 saturated heterocycles. The van der Waals surface area contributed by atoms with E-state index < -0.39 is 0 Å². The predicted molar refractivity (Wildman–Crippen MR) is 84.2 cm³/mol. The van der Waals surface area contributed by atoms with Gasteiger partial charge in [-0.25, -0.2) is 4.98 Å². The Kier molecular flexibility index (Phi) is 4.98. The van der Waals surface area contributed by atoms with Crippen LogP contribution in [0.5, 0.6) is 0 Å². The van der Waals surface area contributed by atoms with Crippen molar-refractivity contribution in [3.63, 3.8) is 0 Å². The molecule has 1 fully saturated rings. The number of aromatic nitrogens is 2. The van der Waals surface area contributed by atoms with E-state index >= 15 is 0 Å². The normalized spacial score (nSPS) is 18.0. The first-order valence-corrected chi connectivity index (χ1v) is 7.66. The molecule has 0 saturated carbocycles. The van der Waals surface area contributed by atoms with Crippen molar-refractivity contribution >= 4 is 17.7 Å². The van der Waals surface area contributed by atoms with Gasteiger partial charge in [-0.15, -0.1) is 0 Å². The van der Waals surface area contributed by atoms with Gasteiger partial charge in [0.15, 0.2) is 0 Å². The van der Waals surface area contributed by atoms with Gasteiger partial charge >= 0.3 is 0 Å². The van der Waals surface area contributed by atoms with Crippen LogP contribution in [-0.4, -0.2) is 36.0 Å². The summed E-state index contributed by atoms with van der Waals surface area (Å²) in [5.74, 6) is 1.36. The van der Waals surface area contributed by atoms with Crippen molar-refractivity contribution in [2.75, 3.05) is 30.8 Å². The molecule has 21 heavy (non-hydrogen) atoms. The standard InChI is InChI=1S/C15H25N5O/c1-4-5-6-12-10(2)18-15(16)19-13(12)20-8-7-11(9-20)14(21)17-3/h11H,4-9H2,1-3H3,(H,17,21)(H2,16,18,19)/t11-/m1/s1. The Morgan fingerprint density at radius 3 is 2.90 bits per heavy atom. The minimum Gasteiger partial charge on any atom is -0.368 e. The highest BCUT2D eigenvalue weighted by atomic mass is 16.1. The van der Waals surface area contributed by atoms with E-state index in [4.69, 9.17) is 5.73 Å². The molecule has 116 valence electrons. The zero-order chi connectivity index (χ0) is 15.4. The van der Waals surface area contributed by atoms with Crippen LogP contribution in [0.2, 0.25) is 0 Å². The number of carbonyl (C=O) groups is 1. The van der Waals surface area contributed by atoms with E-state index in [1.165, 1.54) is 5.56 Å². The lowest BCUT2D eigenvalue weighted by Crippen LogP contribution is -2.31. The summed E-state index contributed by atoms with van der Waals surface area (Å²) >= 11 is 0. The second kappa shape index (κ2) is 6.74. The van der Waals surface area contributed by atoms with Crippen molar-refractivity contribution in [1.82, 2.24) is 15.3 Å². The van der Waals surface area contributed by atoms with E-state index in [1.54, 1.807) is 7.05 Å². The fourth-order valence-corrected chi connectivity index (χ4v) is 2.88. The molecule has 6 heteroatoms. The van der Waals surface area contributed by atoms with Gasteiger partial charge in [-0.3, -0.25) is 4.79 Å². The van der Waals surface area contributed by atoms with Crippen molar-refractivity contribution in [1.29, 1.82) is 0 Å². The van der Waals surface area contributed by atoms with Gasteiger partial charge in [-0.05, 0) is 26.2 Å². The zero-order valence-corrected chi connectivity index (χ0v) is 13.1. The number of anilines is 2. The third kappa shape index (κ3) is 3.43. The highest BCUT2D eigenvalue weighted by molar-refractivity contribution is 5.79. The van der Waals surface area contributed by atoms with E-state index in [1.807, 2.05) is 6.92 Å². The average Bonchev–Trinajstić information content (AvgIpc) is 2.94. The van der Waals surface area contributed by atoms with Crippen molar-refractivity contribution in [2.24, 2.45) is 5.92 Å². The Labute approximate surface area is 126 Å². The Morgan fingerprint density at radius 1 is 1.48 bits per heavy atom. The van der Waals surface area contributed by atoms with Gasteiger partial charge in [0.25, 0.3) is 0 Å². The lowest BCUT2D eigenvalue weighted by Gasteiger charge is -2.22. The topological polar surface area (TPSA) is 84.1 Å². The molecule has 2 rings (SSSR count). The third-order valence-electron chi connectivity index (χ3n) is 4.09. The van der Waals surface area contributed by atoms with Gasteiger partial charge < -0.3 is 16.0 Å². The molecule has 2 heterocycles. The average molecular weight is 291 g/mol. The number of nitrogens with one attached hydrogen (secondary N) is 1. The van der Waals surface area contributed by atoms with Gasteiger partial charge in [0, 0.05) is 31.4 Å². The molecule has 0 aliphatic carbocycles. The summed E-state index contributed by atoms with van der Waals surface area (Å²) in [7, 11) is 1.69. The van der Waals surface area contributed by atoms with Gasteiger partial charge in [0.1, 0.15) is 5.82 Å². The van der Waals surface area contributed by atoms with E-state index in [-0.39, 0.29) is 11.8 Å². The zero-order valence-electron chi connectivity index (χ0n) is 13.1. The Bertz CT molecular complexity index is 517.